The zero-order chi connectivity index (χ0) is 12.4. The van der Waals surface area contributed by atoms with Gasteiger partial charge in [0.15, 0.2) is 0 Å². The van der Waals surface area contributed by atoms with Gasteiger partial charge in [0.25, 0.3) is 0 Å². The van der Waals surface area contributed by atoms with Crippen LogP contribution in [-0.2, 0) is 0 Å². The molecule has 0 bridgehead atoms. The van der Waals surface area contributed by atoms with Crippen LogP contribution in [0.25, 0.3) is 0 Å². The van der Waals surface area contributed by atoms with E-state index in [9.17, 15) is 0 Å². The largest absolute Gasteiger partial charge is 0.320 e. The van der Waals surface area contributed by atoms with Crippen molar-refractivity contribution in [2.24, 2.45) is 5.73 Å². The summed E-state index contributed by atoms with van der Waals surface area (Å²) in [5.41, 5.74) is 10.3. The molecule has 0 spiro atoms. The fourth-order valence-electron chi connectivity index (χ4n) is 1.76. The summed E-state index contributed by atoms with van der Waals surface area (Å²) in [6.45, 7) is 3.94. The lowest BCUT2D eigenvalue weighted by Gasteiger charge is -2.14. The van der Waals surface area contributed by atoms with Gasteiger partial charge in [-0.2, -0.15) is 0 Å². The van der Waals surface area contributed by atoms with Crippen LogP contribution in [0.2, 0.25) is 5.02 Å². The van der Waals surface area contributed by atoms with Crippen molar-refractivity contribution in [2.45, 2.75) is 19.9 Å². The number of pyridine rings is 1. The van der Waals surface area contributed by atoms with Gasteiger partial charge in [0.2, 0.25) is 0 Å². The summed E-state index contributed by atoms with van der Waals surface area (Å²) in [6.07, 6.45) is 1.78. The molecule has 3 heteroatoms. The van der Waals surface area contributed by atoms with Crippen LogP contribution in [0.4, 0.5) is 0 Å². The van der Waals surface area contributed by atoms with Crippen LogP contribution < -0.4 is 5.73 Å². The quantitative estimate of drug-likeness (QED) is 0.882. The van der Waals surface area contributed by atoms with Crippen molar-refractivity contribution in [1.29, 1.82) is 0 Å². The number of benzene rings is 1. The van der Waals surface area contributed by atoms with E-state index in [-0.39, 0.29) is 6.04 Å². The van der Waals surface area contributed by atoms with Crippen molar-refractivity contribution >= 4 is 11.6 Å². The number of aryl methyl sites for hydroxylation is 2. The number of halogens is 1. The number of hydrogen-bond acceptors (Lipinski definition) is 2. The Kier molecular flexibility index (Phi) is 3.46. The molecular formula is C14H15ClN2. The standard InChI is InChI=1S/C14H15ClN2/c1-9-3-4-11(8-13(9)15)14(16)12-5-6-17-10(2)7-12/h3-8,14H,16H2,1-2H3. The number of nitrogens with zero attached hydrogens (tertiary/aromatic N) is 1. The molecule has 0 amide bonds. The molecule has 2 aromatic rings. The van der Waals surface area contributed by atoms with E-state index in [1.165, 1.54) is 0 Å². The van der Waals surface area contributed by atoms with E-state index in [0.29, 0.717) is 0 Å². The van der Waals surface area contributed by atoms with Crippen LogP contribution in [0.3, 0.4) is 0 Å². The monoisotopic (exact) mass is 246 g/mol. The SMILES string of the molecule is Cc1cc(C(N)c2ccc(C)c(Cl)c2)ccn1. The molecule has 1 unspecified atom stereocenters. The van der Waals surface area contributed by atoms with E-state index >= 15 is 0 Å². The van der Waals surface area contributed by atoms with Crippen LogP contribution >= 0.6 is 11.6 Å². The normalized spacial score (nSPS) is 12.5. The topological polar surface area (TPSA) is 38.9 Å². The zero-order valence-corrected chi connectivity index (χ0v) is 10.7. The first-order valence-corrected chi connectivity index (χ1v) is 5.90. The Morgan fingerprint density at radius 1 is 1.12 bits per heavy atom. The third kappa shape index (κ3) is 2.65. The van der Waals surface area contributed by atoms with Crippen molar-refractivity contribution in [2.75, 3.05) is 0 Å². The highest BCUT2D eigenvalue weighted by Crippen LogP contribution is 2.24. The van der Waals surface area contributed by atoms with Crippen molar-refractivity contribution in [3.05, 3.63) is 63.9 Å². The molecule has 88 valence electrons. The van der Waals surface area contributed by atoms with Gasteiger partial charge in [0.05, 0.1) is 6.04 Å². The number of aromatic nitrogens is 1. The third-order valence-electron chi connectivity index (χ3n) is 2.83. The molecule has 0 fully saturated rings. The van der Waals surface area contributed by atoms with E-state index in [0.717, 1.165) is 27.4 Å². The molecule has 0 saturated heterocycles. The minimum atomic E-state index is -0.158. The van der Waals surface area contributed by atoms with Crippen LogP contribution in [-0.4, -0.2) is 4.98 Å². The predicted octanol–water partition coefficient (Wildman–Crippen LogP) is 3.40. The van der Waals surface area contributed by atoms with Crippen molar-refractivity contribution in [1.82, 2.24) is 4.98 Å². The van der Waals surface area contributed by atoms with Crippen molar-refractivity contribution in [3.63, 3.8) is 0 Å². The molecule has 0 aliphatic heterocycles. The highest BCUT2D eigenvalue weighted by molar-refractivity contribution is 6.31. The van der Waals surface area contributed by atoms with E-state index < -0.39 is 0 Å². The summed E-state index contributed by atoms with van der Waals surface area (Å²) >= 11 is 6.11. The first kappa shape index (κ1) is 12.1. The van der Waals surface area contributed by atoms with Gasteiger partial charge >= 0.3 is 0 Å². The molecule has 1 heterocycles. The second-order valence-corrected chi connectivity index (χ2v) is 4.62. The minimum Gasteiger partial charge on any atom is -0.320 e. The Morgan fingerprint density at radius 2 is 1.82 bits per heavy atom. The van der Waals surface area contributed by atoms with E-state index in [2.05, 4.69) is 4.98 Å². The summed E-state index contributed by atoms with van der Waals surface area (Å²) in [5, 5.41) is 0.753. The summed E-state index contributed by atoms with van der Waals surface area (Å²) in [7, 11) is 0. The summed E-state index contributed by atoms with van der Waals surface area (Å²) in [5.74, 6) is 0. The van der Waals surface area contributed by atoms with Gasteiger partial charge in [0.1, 0.15) is 0 Å². The predicted molar refractivity (Wildman–Crippen MR) is 71.2 cm³/mol. The third-order valence-corrected chi connectivity index (χ3v) is 3.24. The average Bonchev–Trinajstić information content (AvgIpc) is 2.32. The van der Waals surface area contributed by atoms with Gasteiger partial charge in [-0.05, 0) is 48.7 Å². The molecule has 1 atom stereocenters. The molecule has 17 heavy (non-hydrogen) atoms. The summed E-state index contributed by atoms with van der Waals surface area (Å²) in [4.78, 5) is 4.17. The highest BCUT2D eigenvalue weighted by atomic mass is 35.5. The maximum atomic E-state index is 6.22. The molecule has 0 saturated carbocycles. The Morgan fingerprint density at radius 3 is 2.47 bits per heavy atom. The summed E-state index contributed by atoms with van der Waals surface area (Å²) in [6, 6.07) is 9.71. The lowest BCUT2D eigenvalue weighted by Crippen LogP contribution is -2.12. The molecular weight excluding hydrogens is 232 g/mol. The maximum Gasteiger partial charge on any atom is 0.0553 e. The Labute approximate surface area is 106 Å². The first-order chi connectivity index (χ1) is 8.08. The smallest absolute Gasteiger partial charge is 0.0553 e. The lowest BCUT2D eigenvalue weighted by molar-refractivity contribution is 0.863. The Balaban J connectivity index is 2.36. The Bertz CT molecular complexity index is 537. The molecule has 1 aromatic heterocycles. The molecule has 0 aliphatic carbocycles. The number of hydrogen-bond donors (Lipinski definition) is 1. The van der Waals surface area contributed by atoms with E-state index in [4.69, 9.17) is 17.3 Å². The van der Waals surface area contributed by atoms with Gasteiger partial charge in [-0.3, -0.25) is 4.98 Å². The summed E-state index contributed by atoms with van der Waals surface area (Å²) < 4.78 is 0. The van der Waals surface area contributed by atoms with Crippen molar-refractivity contribution < 1.29 is 0 Å². The van der Waals surface area contributed by atoms with Crippen LogP contribution in [0.5, 0.6) is 0 Å². The lowest BCUT2D eigenvalue weighted by atomic mass is 9.99. The van der Waals surface area contributed by atoms with Crippen LogP contribution in [0.15, 0.2) is 36.5 Å². The molecule has 2 N–H and O–H groups in total. The minimum absolute atomic E-state index is 0.158. The molecule has 0 radical (unpaired) electrons. The van der Waals surface area contributed by atoms with Gasteiger partial charge in [-0.25, -0.2) is 0 Å². The van der Waals surface area contributed by atoms with Crippen LogP contribution in [0.1, 0.15) is 28.4 Å². The van der Waals surface area contributed by atoms with Gasteiger partial charge in [0, 0.05) is 16.9 Å². The number of nitrogens with two attached hydrogens (primary N) is 1. The molecule has 2 rings (SSSR count). The van der Waals surface area contributed by atoms with E-state index in [1.807, 2.05) is 44.2 Å². The fraction of sp³-hybridized carbons (Fsp3) is 0.214. The van der Waals surface area contributed by atoms with Crippen LogP contribution in [0, 0.1) is 13.8 Å². The first-order valence-electron chi connectivity index (χ1n) is 5.52. The second-order valence-electron chi connectivity index (χ2n) is 4.22. The Hall–Kier alpha value is -1.38. The zero-order valence-electron chi connectivity index (χ0n) is 9.94. The maximum absolute atomic E-state index is 6.22. The fourth-order valence-corrected chi connectivity index (χ4v) is 1.94. The number of rotatable bonds is 2. The van der Waals surface area contributed by atoms with Gasteiger partial charge < -0.3 is 5.73 Å². The average molecular weight is 247 g/mol. The van der Waals surface area contributed by atoms with Gasteiger partial charge in [-0.15, -0.1) is 0 Å². The van der Waals surface area contributed by atoms with Crippen molar-refractivity contribution in [3.8, 4) is 0 Å². The van der Waals surface area contributed by atoms with Gasteiger partial charge in [-0.1, -0.05) is 23.7 Å². The molecule has 0 aliphatic rings. The molecule has 1 aromatic carbocycles. The highest BCUT2D eigenvalue weighted by Gasteiger charge is 2.10. The van der Waals surface area contributed by atoms with E-state index in [1.54, 1.807) is 6.20 Å². The molecule has 2 nitrogen and oxygen atoms in total. The second kappa shape index (κ2) is 4.86.